The summed E-state index contributed by atoms with van der Waals surface area (Å²) in [5, 5.41) is 27.4. The third-order valence-electron chi connectivity index (χ3n) is 3.66. The summed E-state index contributed by atoms with van der Waals surface area (Å²) < 4.78 is 14.2. The van der Waals surface area contributed by atoms with Gasteiger partial charge in [0.25, 0.3) is 0 Å². The number of aliphatic hydroxyl groups excluding tert-OH is 3. The zero-order chi connectivity index (χ0) is 22.1. The van der Waals surface area contributed by atoms with Gasteiger partial charge in [0, 0.05) is 0 Å². The summed E-state index contributed by atoms with van der Waals surface area (Å²) in [4.78, 5) is 33.0. The van der Waals surface area contributed by atoms with E-state index in [1.807, 2.05) is 6.92 Å². The van der Waals surface area contributed by atoms with Crippen LogP contribution in [0.2, 0.25) is 0 Å². The van der Waals surface area contributed by atoms with Crippen LogP contribution < -0.4 is 0 Å². The van der Waals surface area contributed by atoms with Crippen molar-refractivity contribution in [1.82, 2.24) is 0 Å². The van der Waals surface area contributed by atoms with Crippen molar-refractivity contribution < 1.29 is 43.9 Å². The fourth-order valence-electron chi connectivity index (χ4n) is 1.67. The molecule has 3 N–H and O–H groups in total. The van der Waals surface area contributed by atoms with Crippen molar-refractivity contribution in [3.05, 3.63) is 0 Å². The van der Waals surface area contributed by atoms with Crippen molar-refractivity contribution in [2.45, 2.75) is 180 Å². The van der Waals surface area contributed by atoms with Gasteiger partial charge in [-0.1, -0.05) is 110 Å². The molecule has 4 unspecified atom stereocenters. The molecule has 0 aliphatic heterocycles. The lowest BCUT2D eigenvalue weighted by Gasteiger charge is -2.15. The Kier molecular flexibility index (Phi) is 129. The normalized spacial score (nSPS) is 10.2. The van der Waals surface area contributed by atoms with Gasteiger partial charge in [-0.15, -0.1) is 0 Å². The summed E-state index contributed by atoms with van der Waals surface area (Å²) >= 11 is 0. The molecule has 262 valence electrons. The highest BCUT2D eigenvalue weighted by Gasteiger charge is 2.16. The number of hydrogen-bond acceptors (Lipinski definition) is 9. The Labute approximate surface area is 255 Å². The molecule has 0 amide bonds. The maximum Gasteiger partial charge on any atom is 0.308 e. The Morgan fingerprint density at radius 3 is 1.10 bits per heavy atom. The molecule has 0 aromatic carbocycles. The van der Waals surface area contributed by atoms with E-state index in [-0.39, 0.29) is 121 Å². The van der Waals surface area contributed by atoms with Crippen molar-refractivity contribution in [3.63, 3.8) is 0 Å². The molecule has 0 aromatic rings. The van der Waals surface area contributed by atoms with E-state index in [1.54, 1.807) is 20.8 Å². The zero-order valence-electron chi connectivity index (χ0n) is 17.6. The molecule has 0 saturated carbocycles. The van der Waals surface area contributed by atoms with Crippen molar-refractivity contribution in [1.29, 1.82) is 0 Å². The maximum absolute atomic E-state index is 11.3. The quantitative estimate of drug-likeness (QED) is 0.148. The Bertz CT molecular complexity index is 445. The number of carbonyl (C=O) groups excluding carboxylic acids is 3. The second kappa shape index (κ2) is 57.2. The average Bonchev–Trinajstić information content (AvgIpc) is 2.66. The van der Waals surface area contributed by atoms with E-state index in [4.69, 9.17) is 14.6 Å². The predicted molar refractivity (Wildman–Crippen MR) is 182 cm³/mol. The Morgan fingerprint density at radius 2 is 0.825 bits per heavy atom. The molecule has 40 heavy (non-hydrogen) atoms. The molecule has 0 spiro atoms. The molecule has 0 aliphatic rings. The van der Waals surface area contributed by atoms with Crippen LogP contribution in [-0.4, -0.2) is 71.4 Å². The van der Waals surface area contributed by atoms with Crippen LogP contribution in [-0.2, 0) is 28.6 Å². The van der Waals surface area contributed by atoms with E-state index in [0.717, 1.165) is 0 Å². The lowest BCUT2D eigenvalue weighted by molar-refractivity contribution is -0.160. The number of rotatable bonds is 12. The average molecular weight is 601 g/mol. The summed E-state index contributed by atoms with van der Waals surface area (Å²) in [6.07, 6.45) is -0.997. The highest BCUT2D eigenvalue weighted by Crippen LogP contribution is 2.04. The Hall–Kier alpha value is -1.71. The molecule has 0 fully saturated rings. The van der Waals surface area contributed by atoms with Crippen LogP contribution in [0.3, 0.4) is 0 Å². The fraction of sp³-hybridized carbons (Fsp3) is 0.903. The van der Waals surface area contributed by atoms with Crippen LogP contribution in [0.5, 0.6) is 0 Å². The third kappa shape index (κ3) is 60.7. The highest BCUT2D eigenvalue weighted by atomic mass is 16.6. The minimum absolute atomic E-state index is 0. The maximum atomic E-state index is 11.3. The molecule has 0 aromatic heterocycles. The monoisotopic (exact) mass is 601 g/mol. The van der Waals surface area contributed by atoms with E-state index >= 15 is 0 Å². The first-order chi connectivity index (χ1) is 13.1. The summed E-state index contributed by atoms with van der Waals surface area (Å²) in [7, 11) is 1.31. The lowest BCUT2D eigenvalue weighted by Crippen LogP contribution is -2.25. The van der Waals surface area contributed by atoms with Crippen LogP contribution in [0.4, 0.5) is 0 Å². The van der Waals surface area contributed by atoms with Gasteiger partial charge >= 0.3 is 17.9 Å². The smallest absolute Gasteiger partial charge is 0.308 e. The van der Waals surface area contributed by atoms with Gasteiger partial charge in [0.15, 0.2) is 0 Å². The van der Waals surface area contributed by atoms with Gasteiger partial charge in [0.1, 0.15) is 12.7 Å². The first-order valence-electron chi connectivity index (χ1n) is 9.55. The third-order valence-corrected chi connectivity index (χ3v) is 3.66. The second-order valence-corrected chi connectivity index (χ2v) is 6.36. The zero-order valence-corrected chi connectivity index (χ0v) is 17.6. The number of carbonyl (C=O) groups is 3. The summed E-state index contributed by atoms with van der Waals surface area (Å²) in [5.74, 6) is -1.40. The number of methoxy groups -OCH3 is 1. The van der Waals surface area contributed by atoms with Crippen molar-refractivity contribution in [2.75, 3.05) is 13.7 Å². The van der Waals surface area contributed by atoms with Gasteiger partial charge in [-0.3, -0.25) is 14.4 Å². The fourth-order valence-corrected chi connectivity index (χ4v) is 1.67. The van der Waals surface area contributed by atoms with Crippen LogP contribution in [0.25, 0.3) is 0 Å². The van der Waals surface area contributed by atoms with Gasteiger partial charge in [-0.25, -0.2) is 0 Å². The van der Waals surface area contributed by atoms with Crippen LogP contribution >= 0.6 is 0 Å². The first kappa shape index (κ1) is 90.2. The number of ether oxygens (including phenoxy) is 3. The Morgan fingerprint density at radius 1 is 0.550 bits per heavy atom. The first-order valence-corrected chi connectivity index (χ1v) is 9.55. The standard InChI is InChI=1S/C13H24O6.C6H12O3.12CH4/c1-4-10(14)6-12(16)18-8-9(3)19-13(17)7-11(15)5-2;1-3-5(7)4-6(8)9-2;;;;;;;;;;;;/h9-11,14-15H,4-8H2,1-3H3;5,7H,3-4H2,1-2H3;12*1H4. The molecular weight excluding hydrogens is 516 g/mol. The molecule has 9 heteroatoms. The summed E-state index contributed by atoms with van der Waals surface area (Å²) in [6.45, 7) is 6.89. The number of aliphatic hydroxyl groups is 3. The molecule has 0 rings (SSSR count). The topological polar surface area (TPSA) is 140 Å². The van der Waals surface area contributed by atoms with E-state index in [0.29, 0.717) is 19.3 Å². The molecular formula is C31H84O9. The van der Waals surface area contributed by atoms with Crippen LogP contribution in [0.15, 0.2) is 0 Å². The SMILES string of the molecule is C.C.C.C.C.C.C.C.C.C.C.C.CCC(O)CC(=O)OC.CCC(O)CC(=O)OCC(C)OC(=O)CC(O)CC. The number of esters is 3. The lowest BCUT2D eigenvalue weighted by atomic mass is 10.2. The molecule has 4 atom stereocenters. The van der Waals surface area contributed by atoms with E-state index < -0.39 is 36.4 Å². The molecule has 0 saturated heterocycles. The molecule has 0 bridgehead atoms. The van der Waals surface area contributed by atoms with Crippen LogP contribution in [0, 0.1) is 0 Å². The molecule has 0 heterocycles. The second-order valence-electron chi connectivity index (χ2n) is 6.36. The largest absolute Gasteiger partial charge is 0.469 e. The van der Waals surface area contributed by atoms with Crippen molar-refractivity contribution in [2.24, 2.45) is 0 Å². The van der Waals surface area contributed by atoms with E-state index in [9.17, 15) is 24.6 Å². The number of hydrogen-bond donors (Lipinski definition) is 3. The molecule has 9 nitrogen and oxygen atoms in total. The van der Waals surface area contributed by atoms with E-state index in [1.165, 1.54) is 7.11 Å². The minimum Gasteiger partial charge on any atom is -0.469 e. The van der Waals surface area contributed by atoms with Crippen molar-refractivity contribution >= 4 is 17.9 Å². The molecule has 0 radical (unpaired) electrons. The predicted octanol–water partition coefficient (Wildman–Crippen LogP) is 8.74. The summed E-state index contributed by atoms with van der Waals surface area (Å²) in [5.41, 5.74) is 0. The van der Waals surface area contributed by atoms with E-state index in [2.05, 4.69) is 4.74 Å². The molecule has 0 aliphatic carbocycles. The van der Waals surface area contributed by atoms with Gasteiger partial charge in [-0.2, -0.15) is 0 Å². The Balaban J connectivity index is -0.0000000242. The minimum atomic E-state index is -0.707. The van der Waals surface area contributed by atoms with Gasteiger partial charge in [0.05, 0.1) is 44.7 Å². The highest BCUT2D eigenvalue weighted by molar-refractivity contribution is 5.71. The summed E-state index contributed by atoms with van der Waals surface area (Å²) in [6, 6.07) is 0. The van der Waals surface area contributed by atoms with Crippen LogP contribution in [0.1, 0.15) is 155 Å². The van der Waals surface area contributed by atoms with Gasteiger partial charge < -0.3 is 29.5 Å². The van der Waals surface area contributed by atoms with Gasteiger partial charge in [0.2, 0.25) is 0 Å². The van der Waals surface area contributed by atoms with Gasteiger partial charge in [-0.05, 0) is 26.2 Å². The van der Waals surface area contributed by atoms with Crippen molar-refractivity contribution in [3.8, 4) is 0 Å².